The highest BCUT2D eigenvalue weighted by atomic mass is 32.2. The molecule has 15 heteroatoms. The fraction of sp³-hybridized carbons (Fsp3) is 0.360. The number of rotatable bonds is 20. The zero-order valence-electron chi connectivity index (χ0n) is 36.3. The van der Waals surface area contributed by atoms with Crippen molar-refractivity contribution >= 4 is 32.3 Å². The number of para-hydroxylation sites is 1. The third-order valence-corrected chi connectivity index (χ3v) is 14.7. The summed E-state index contributed by atoms with van der Waals surface area (Å²) in [6.07, 6.45) is 9.55. The molecule has 0 radical (unpaired) electrons. The minimum Gasteiger partial charge on any atom is -0.460 e. The fourth-order valence-corrected chi connectivity index (χ4v) is 11.5. The Morgan fingerprint density at radius 3 is 2.48 bits per heavy atom. The lowest BCUT2D eigenvalue weighted by molar-refractivity contribution is -0.384. The number of nitro benzene ring substituents is 1. The summed E-state index contributed by atoms with van der Waals surface area (Å²) in [4.78, 5) is 21.9. The minimum atomic E-state index is -4.32. The van der Waals surface area contributed by atoms with E-state index in [-0.39, 0.29) is 61.0 Å². The molecule has 0 bridgehead atoms. The van der Waals surface area contributed by atoms with Crippen molar-refractivity contribution in [1.82, 2.24) is 9.29 Å². The maximum Gasteiger partial charge on any atom is 0.273 e. The molecule has 4 aromatic carbocycles. The van der Waals surface area contributed by atoms with Gasteiger partial charge in [-0.3, -0.25) is 15.1 Å². The second-order valence-electron chi connectivity index (χ2n) is 16.7. The number of unbranched alkanes of at least 4 members (excludes halogenated alkanes) is 2. The van der Waals surface area contributed by atoms with Crippen molar-refractivity contribution in [2.75, 3.05) is 26.9 Å². The number of nitrogens with zero attached hydrogens (tertiary/aromatic N) is 4. The molecule has 0 amide bonds. The van der Waals surface area contributed by atoms with Gasteiger partial charge in [-0.15, -0.1) is 6.58 Å². The van der Waals surface area contributed by atoms with E-state index in [1.54, 1.807) is 61.8 Å². The van der Waals surface area contributed by atoms with Gasteiger partial charge in [0.1, 0.15) is 28.8 Å². The van der Waals surface area contributed by atoms with Gasteiger partial charge < -0.3 is 29.3 Å². The summed E-state index contributed by atoms with van der Waals surface area (Å²) >= 11 is 0. The Hall–Kier alpha value is -5.97. The number of allylic oxidation sites excluding steroid dienone is 1. The number of oxime groups is 1. The smallest absolute Gasteiger partial charge is 0.273 e. The Kier molecular flexibility index (Phi) is 14.1. The number of aliphatic hydroxyl groups excluding tert-OH is 2. The van der Waals surface area contributed by atoms with Crippen LogP contribution in [0.15, 0.2) is 144 Å². The standard InChI is InChI=1S/C50H54N4O10S/c1-3-28-61-50-46(53(2)65(59,60)45-22-11-17-35-18-13-25-51-49(35)45)32-43(52-62-33-34-14-5-4-6-15-34)41-29-36(16-7-9-26-55)40(21-8-10-27-56)47(48(41)50)42-31-39(23-24-44(42)64-50)63-38-20-12-19-37(30-38)54(57)58/h3-6,11-15,17-20,22-25,29-31,36,40,46-48,55-56H,1,7-10,16,21,26-28,32-33H2,2H3. The summed E-state index contributed by atoms with van der Waals surface area (Å²) in [5.74, 6) is -1.68. The van der Waals surface area contributed by atoms with Gasteiger partial charge in [-0.05, 0) is 85.1 Å². The van der Waals surface area contributed by atoms with Gasteiger partial charge in [-0.25, -0.2) is 8.42 Å². The zero-order chi connectivity index (χ0) is 45.6. The lowest BCUT2D eigenvalue weighted by Gasteiger charge is -2.59. The van der Waals surface area contributed by atoms with E-state index in [2.05, 4.69) is 17.6 Å². The molecule has 2 heterocycles. The Morgan fingerprint density at radius 1 is 0.954 bits per heavy atom. The van der Waals surface area contributed by atoms with Gasteiger partial charge in [-0.1, -0.05) is 84.7 Å². The molecule has 1 aliphatic heterocycles. The lowest BCUT2D eigenvalue weighted by atomic mass is 9.55. The van der Waals surface area contributed by atoms with Crippen molar-refractivity contribution in [3.63, 3.8) is 0 Å². The first-order valence-electron chi connectivity index (χ1n) is 22.1. The molecule has 14 nitrogen and oxygen atoms in total. The number of hydrogen-bond donors (Lipinski definition) is 2. The van der Waals surface area contributed by atoms with Crippen LogP contribution in [0, 0.1) is 27.9 Å². The number of nitro groups is 1. The van der Waals surface area contributed by atoms with Crippen LogP contribution in [0.5, 0.6) is 17.2 Å². The van der Waals surface area contributed by atoms with Crippen LogP contribution in [0.4, 0.5) is 5.69 Å². The van der Waals surface area contributed by atoms with E-state index in [9.17, 15) is 20.3 Å². The van der Waals surface area contributed by atoms with Crippen LogP contribution >= 0.6 is 0 Å². The number of benzene rings is 4. The third-order valence-electron chi connectivity index (χ3n) is 12.8. The fourth-order valence-electron chi connectivity index (χ4n) is 9.93. The number of likely N-dealkylation sites (N-methyl/N-ethyl adjacent to an activating group) is 1. The number of fused-ring (bicyclic) bond motifs is 3. The molecule has 6 unspecified atom stereocenters. The number of aliphatic hydroxyl groups is 2. The highest BCUT2D eigenvalue weighted by Crippen LogP contribution is 2.62. The SMILES string of the molecule is C=CCOC12Oc3ccc(Oc4cccc([N+](=O)[O-])c4)cc3C3C(CCCCO)C(CCCCO)C=C(C(=NOCc4ccccc4)CC1N(C)S(=O)(=O)c1cccc4cccnc14)C32. The predicted octanol–water partition coefficient (Wildman–Crippen LogP) is 9.09. The monoisotopic (exact) mass is 902 g/mol. The molecule has 8 rings (SSSR count). The first kappa shape index (κ1) is 45.6. The largest absolute Gasteiger partial charge is 0.460 e. The van der Waals surface area contributed by atoms with E-state index in [1.165, 1.54) is 16.4 Å². The zero-order valence-corrected chi connectivity index (χ0v) is 37.1. The number of pyridine rings is 1. The van der Waals surface area contributed by atoms with Crippen molar-refractivity contribution in [1.29, 1.82) is 0 Å². The highest BCUT2D eigenvalue weighted by Gasteiger charge is 2.65. The molecule has 0 spiro atoms. The summed E-state index contributed by atoms with van der Waals surface area (Å²) in [6.45, 7) is 4.25. The second-order valence-corrected chi connectivity index (χ2v) is 18.7. The summed E-state index contributed by atoms with van der Waals surface area (Å²) in [7, 11) is -2.78. The predicted molar refractivity (Wildman–Crippen MR) is 246 cm³/mol. The van der Waals surface area contributed by atoms with E-state index in [4.69, 9.17) is 24.2 Å². The van der Waals surface area contributed by atoms with Gasteiger partial charge in [0.25, 0.3) is 5.69 Å². The molecule has 340 valence electrons. The maximum atomic E-state index is 15.2. The average molecular weight is 903 g/mol. The van der Waals surface area contributed by atoms with Gasteiger partial charge >= 0.3 is 0 Å². The van der Waals surface area contributed by atoms with Crippen molar-refractivity contribution in [3.8, 4) is 17.2 Å². The molecule has 3 aliphatic rings. The van der Waals surface area contributed by atoms with Crippen LogP contribution < -0.4 is 9.47 Å². The number of non-ortho nitro benzene ring substituents is 1. The van der Waals surface area contributed by atoms with Crippen LogP contribution in [0.1, 0.15) is 62.0 Å². The van der Waals surface area contributed by atoms with Crippen LogP contribution in [0.25, 0.3) is 10.9 Å². The summed E-state index contributed by atoms with van der Waals surface area (Å²) in [6, 6.07) is 28.7. The second kappa shape index (κ2) is 20.0. The first-order valence-corrected chi connectivity index (χ1v) is 23.5. The van der Waals surface area contributed by atoms with Crippen molar-refractivity contribution in [2.45, 2.75) is 74.2 Å². The van der Waals surface area contributed by atoms with E-state index in [0.29, 0.717) is 53.8 Å². The van der Waals surface area contributed by atoms with Crippen molar-refractivity contribution in [3.05, 3.63) is 155 Å². The number of sulfonamides is 1. The Bertz CT molecular complexity index is 2670. The van der Waals surface area contributed by atoms with E-state index < -0.39 is 38.6 Å². The molecular weight excluding hydrogens is 849 g/mol. The van der Waals surface area contributed by atoms with Crippen LogP contribution in [-0.2, 0) is 26.2 Å². The van der Waals surface area contributed by atoms with E-state index >= 15 is 8.42 Å². The number of aromatic nitrogens is 1. The lowest BCUT2D eigenvalue weighted by Crippen LogP contribution is -2.69. The van der Waals surface area contributed by atoms with Crippen molar-refractivity contribution in [2.24, 2.45) is 22.9 Å². The van der Waals surface area contributed by atoms with Crippen LogP contribution in [0.2, 0.25) is 0 Å². The average Bonchev–Trinajstić information content (AvgIpc) is 3.32. The Labute approximate surface area is 379 Å². The minimum absolute atomic E-state index is 0.0200. The Balaban J connectivity index is 1.34. The first-order chi connectivity index (χ1) is 31.6. The highest BCUT2D eigenvalue weighted by molar-refractivity contribution is 7.89. The van der Waals surface area contributed by atoms with Gasteiger partial charge in [0.2, 0.25) is 15.8 Å². The molecule has 6 atom stereocenters. The Morgan fingerprint density at radius 2 is 1.71 bits per heavy atom. The van der Waals surface area contributed by atoms with E-state index in [0.717, 1.165) is 29.5 Å². The molecule has 2 N–H and O–H groups in total. The number of ether oxygens (including phenoxy) is 3. The maximum absolute atomic E-state index is 15.2. The van der Waals surface area contributed by atoms with Gasteiger partial charge in [0.15, 0.2) is 0 Å². The molecule has 1 saturated carbocycles. The molecule has 2 aliphatic carbocycles. The van der Waals surface area contributed by atoms with E-state index in [1.807, 2.05) is 48.5 Å². The van der Waals surface area contributed by atoms with Gasteiger partial charge in [0, 0.05) is 55.8 Å². The molecule has 1 aromatic heterocycles. The molecular formula is C50H54N4O10S. The molecule has 1 fully saturated rings. The summed E-state index contributed by atoms with van der Waals surface area (Å²) in [5.41, 5.74) is 3.27. The summed E-state index contributed by atoms with van der Waals surface area (Å²) < 4.78 is 52.3. The van der Waals surface area contributed by atoms with Gasteiger partial charge in [0.05, 0.1) is 40.8 Å². The summed E-state index contributed by atoms with van der Waals surface area (Å²) in [5, 5.41) is 37.1. The number of hydrogen-bond acceptors (Lipinski definition) is 12. The topological polar surface area (TPSA) is 183 Å². The third kappa shape index (κ3) is 9.29. The molecule has 0 saturated heterocycles. The molecule has 65 heavy (non-hydrogen) atoms. The normalized spacial score (nSPS) is 23.0. The van der Waals surface area contributed by atoms with Crippen LogP contribution in [-0.4, -0.2) is 77.3 Å². The van der Waals surface area contributed by atoms with Crippen LogP contribution in [0.3, 0.4) is 0 Å². The molecule has 5 aromatic rings. The quantitative estimate of drug-likeness (QED) is 0.0329. The van der Waals surface area contributed by atoms with Gasteiger partial charge in [-0.2, -0.15) is 4.31 Å². The van der Waals surface area contributed by atoms with Crippen molar-refractivity contribution < 1.29 is 42.6 Å².